The number of aldehydes is 1. The van der Waals surface area contributed by atoms with E-state index in [1.807, 2.05) is 6.07 Å². The molecule has 2 aromatic rings. The molecule has 0 radical (unpaired) electrons. The summed E-state index contributed by atoms with van der Waals surface area (Å²) in [6.45, 7) is 10.2. The predicted molar refractivity (Wildman–Crippen MR) is 98.1 cm³/mol. The zero-order valence-electron chi connectivity index (χ0n) is 14.3. The molecule has 0 aromatic carbocycles. The van der Waals surface area contributed by atoms with Crippen LogP contribution in [0.4, 0.5) is 0 Å². The number of carbonyl (C=O) groups excluding carboxylic acids is 1. The van der Waals surface area contributed by atoms with Gasteiger partial charge in [-0.05, 0) is 22.4 Å². The highest BCUT2D eigenvalue weighted by atomic mass is 35.5. The van der Waals surface area contributed by atoms with Gasteiger partial charge in [-0.3, -0.25) is 4.79 Å². The Hall–Kier alpha value is -2.24. The van der Waals surface area contributed by atoms with Crippen molar-refractivity contribution in [3.05, 3.63) is 49.2 Å². The maximum atomic E-state index is 13.0. The first kappa shape index (κ1) is 17.6. The molecule has 1 atom stereocenters. The van der Waals surface area contributed by atoms with E-state index in [4.69, 9.17) is 16.3 Å². The van der Waals surface area contributed by atoms with Gasteiger partial charge in [0.25, 0.3) is 5.56 Å². The first-order valence-corrected chi connectivity index (χ1v) is 8.44. The van der Waals surface area contributed by atoms with Gasteiger partial charge in [-0.25, -0.2) is 4.98 Å². The van der Waals surface area contributed by atoms with Crippen LogP contribution in [0.25, 0.3) is 24.5 Å². The van der Waals surface area contributed by atoms with Gasteiger partial charge in [-0.2, -0.15) is 0 Å². The lowest BCUT2D eigenvalue weighted by Gasteiger charge is -2.14. The number of rotatable bonds is 5. The summed E-state index contributed by atoms with van der Waals surface area (Å²) in [5.74, 6) is -0.135. The third kappa shape index (κ3) is 2.64. The third-order valence-corrected chi connectivity index (χ3v) is 4.99. The standard InChI is InChI=1S/C19H19ClN2O3/c1-10(8-23)13-5-17-18-15(14(6-20)11(2)12(3)21-18)7-22(17)19(24)16(13)9-25-4/h5,8,10H,2-3,6-7,9H2,1,4H3. The van der Waals surface area contributed by atoms with Crippen molar-refractivity contribution < 1.29 is 9.53 Å². The van der Waals surface area contributed by atoms with Gasteiger partial charge in [0, 0.05) is 30.0 Å². The van der Waals surface area contributed by atoms with Crippen molar-refractivity contribution >= 4 is 31.0 Å². The second-order valence-electron chi connectivity index (χ2n) is 6.19. The molecule has 1 aliphatic heterocycles. The number of alkyl halides is 1. The SMILES string of the molecule is C=c1nc2c(c(CCl)c1=C)Cn1c-2cc(C(C)C=O)c(COC)c1=O. The Kier molecular flexibility index (Phi) is 4.62. The first-order chi connectivity index (χ1) is 11.9. The molecule has 3 rings (SSSR count). The van der Waals surface area contributed by atoms with Crippen LogP contribution in [0.1, 0.15) is 35.1 Å². The molecule has 6 heteroatoms. The fourth-order valence-electron chi connectivity index (χ4n) is 3.30. The topological polar surface area (TPSA) is 61.2 Å². The van der Waals surface area contributed by atoms with Crippen molar-refractivity contribution in [2.45, 2.75) is 31.9 Å². The number of halogens is 1. The predicted octanol–water partition coefficient (Wildman–Crippen LogP) is 1.28. The van der Waals surface area contributed by atoms with E-state index < -0.39 is 5.92 Å². The quantitative estimate of drug-likeness (QED) is 0.509. The van der Waals surface area contributed by atoms with E-state index in [1.54, 1.807) is 11.5 Å². The molecule has 1 unspecified atom stereocenters. The van der Waals surface area contributed by atoms with E-state index in [0.717, 1.165) is 17.4 Å². The highest BCUT2D eigenvalue weighted by molar-refractivity contribution is 6.17. The minimum atomic E-state index is -0.411. The summed E-state index contributed by atoms with van der Waals surface area (Å²) in [4.78, 5) is 28.9. The number of hydrogen-bond acceptors (Lipinski definition) is 4. The summed E-state index contributed by atoms with van der Waals surface area (Å²) in [5.41, 5.74) is 4.11. The van der Waals surface area contributed by atoms with Gasteiger partial charge in [0.05, 0.1) is 29.9 Å². The molecule has 3 heterocycles. The minimum Gasteiger partial charge on any atom is -0.380 e. The lowest BCUT2D eigenvalue weighted by molar-refractivity contribution is -0.108. The number of aromatic nitrogens is 2. The second-order valence-corrected chi connectivity index (χ2v) is 6.46. The molecular weight excluding hydrogens is 340 g/mol. The molecule has 2 aromatic heterocycles. The van der Waals surface area contributed by atoms with Crippen molar-refractivity contribution in [3.63, 3.8) is 0 Å². The van der Waals surface area contributed by atoms with Gasteiger partial charge in [0.1, 0.15) is 6.29 Å². The molecule has 1 aliphatic rings. The van der Waals surface area contributed by atoms with Crippen LogP contribution in [0.5, 0.6) is 0 Å². The fraction of sp³-hybridized carbons (Fsp3) is 0.316. The van der Waals surface area contributed by atoms with Crippen LogP contribution in [0.2, 0.25) is 0 Å². The highest BCUT2D eigenvalue weighted by Crippen LogP contribution is 2.32. The normalized spacial score (nSPS) is 13.4. The molecule has 0 amide bonds. The molecule has 0 N–H and O–H groups in total. The number of fused-ring (bicyclic) bond motifs is 3. The molecule has 0 fully saturated rings. The highest BCUT2D eigenvalue weighted by Gasteiger charge is 2.28. The Morgan fingerprint density at radius 1 is 1.44 bits per heavy atom. The van der Waals surface area contributed by atoms with Crippen molar-refractivity contribution in [2.24, 2.45) is 0 Å². The first-order valence-electron chi connectivity index (χ1n) is 7.91. The number of ether oxygens (including phenoxy) is 1. The molecule has 0 saturated carbocycles. The van der Waals surface area contributed by atoms with Gasteiger partial charge in [-0.1, -0.05) is 20.1 Å². The van der Waals surface area contributed by atoms with Crippen molar-refractivity contribution in [1.82, 2.24) is 9.55 Å². The van der Waals surface area contributed by atoms with Crippen LogP contribution in [0, 0.1) is 0 Å². The Balaban J connectivity index is 2.36. The van der Waals surface area contributed by atoms with Crippen molar-refractivity contribution in [3.8, 4) is 11.4 Å². The van der Waals surface area contributed by atoms with E-state index in [9.17, 15) is 9.59 Å². The molecule has 5 nitrogen and oxygen atoms in total. The summed E-state index contributed by atoms with van der Waals surface area (Å²) >= 11 is 6.11. The number of pyridine rings is 2. The Bertz CT molecular complexity index is 1030. The van der Waals surface area contributed by atoms with E-state index >= 15 is 0 Å². The van der Waals surface area contributed by atoms with E-state index in [-0.39, 0.29) is 18.0 Å². The zero-order valence-corrected chi connectivity index (χ0v) is 15.0. The molecule has 0 spiro atoms. The zero-order chi connectivity index (χ0) is 18.3. The summed E-state index contributed by atoms with van der Waals surface area (Å²) in [6, 6.07) is 1.86. The van der Waals surface area contributed by atoms with Crippen LogP contribution in [0.15, 0.2) is 10.9 Å². The molecular formula is C19H19ClN2O3. The van der Waals surface area contributed by atoms with Gasteiger partial charge in [0.15, 0.2) is 0 Å². The van der Waals surface area contributed by atoms with Crippen LogP contribution < -0.4 is 16.1 Å². The molecule has 25 heavy (non-hydrogen) atoms. The third-order valence-electron chi connectivity index (χ3n) is 4.72. The van der Waals surface area contributed by atoms with E-state index in [0.29, 0.717) is 39.6 Å². The summed E-state index contributed by atoms with van der Waals surface area (Å²) in [5, 5.41) is 1.24. The fourth-order valence-corrected chi connectivity index (χ4v) is 3.62. The molecule has 0 bridgehead atoms. The van der Waals surface area contributed by atoms with Crippen molar-refractivity contribution in [2.75, 3.05) is 7.11 Å². The molecule has 0 aliphatic carbocycles. The number of nitrogens with zero attached hydrogens (tertiary/aromatic N) is 2. The maximum absolute atomic E-state index is 13.0. The van der Waals surface area contributed by atoms with Crippen LogP contribution in [-0.2, 0) is 28.6 Å². The van der Waals surface area contributed by atoms with Gasteiger partial charge in [-0.15, -0.1) is 11.6 Å². The summed E-state index contributed by atoms with van der Waals surface area (Å²) < 4.78 is 6.83. The lowest BCUT2D eigenvalue weighted by Crippen LogP contribution is -2.30. The second kappa shape index (κ2) is 6.58. The largest absolute Gasteiger partial charge is 0.380 e. The smallest absolute Gasteiger partial charge is 0.257 e. The average molecular weight is 359 g/mol. The molecule has 0 saturated heterocycles. The van der Waals surface area contributed by atoms with E-state index in [1.165, 1.54) is 7.11 Å². The van der Waals surface area contributed by atoms with Crippen LogP contribution in [-0.4, -0.2) is 22.9 Å². The Labute approximate surface area is 150 Å². The summed E-state index contributed by atoms with van der Waals surface area (Å²) in [7, 11) is 1.53. The summed E-state index contributed by atoms with van der Waals surface area (Å²) in [6.07, 6.45) is 0.824. The van der Waals surface area contributed by atoms with Gasteiger partial charge < -0.3 is 14.1 Å². The monoisotopic (exact) mass is 358 g/mol. The average Bonchev–Trinajstić information content (AvgIpc) is 2.96. The Morgan fingerprint density at radius 3 is 2.76 bits per heavy atom. The number of methoxy groups -OCH3 is 1. The van der Waals surface area contributed by atoms with Crippen molar-refractivity contribution in [1.29, 1.82) is 0 Å². The lowest BCUT2D eigenvalue weighted by atomic mass is 9.97. The van der Waals surface area contributed by atoms with Crippen LogP contribution in [0.3, 0.4) is 0 Å². The molecule has 130 valence electrons. The minimum absolute atomic E-state index is 0.153. The van der Waals surface area contributed by atoms with Gasteiger partial charge >= 0.3 is 0 Å². The Morgan fingerprint density at radius 2 is 2.16 bits per heavy atom. The maximum Gasteiger partial charge on any atom is 0.257 e. The van der Waals surface area contributed by atoms with Gasteiger partial charge in [0.2, 0.25) is 0 Å². The van der Waals surface area contributed by atoms with E-state index in [2.05, 4.69) is 18.1 Å². The number of hydrogen-bond donors (Lipinski definition) is 0. The number of carbonyl (C=O) groups is 1. The van der Waals surface area contributed by atoms with Crippen LogP contribution >= 0.6 is 11.6 Å².